The largest absolute Gasteiger partial charge is 0.320 e. The fraction of sp³-hybridized carbons (Fsp3) is 0.636. The fourth-order valence-corrected chi connectivity index (χ4v) is 3.82. The van der Waals surface area contributed by atoms with Crippen molar-refractivity contribution in [2.75, 3.05) is 13.6 Å². The maximum atomic E-state index is 11.9. The molecule has 92 valence electrons. The first kappa shape index (κ1) is 10.8. The van der Waals surface area contributed by atoms with E-state index < -0.39 is 0 Å². The highest BCUT2D eigenvalue weighted by Crippen LogP contribution is 2.38. The molecule has 1 fully saturated rings. The van der Waals surface area contributed by atoms with Gasteiger partial charge in [-0.25, -0.2) is 4.79 Å². The summed E-state index contributed by atoms with van der Waals surface area (Å²) in [4.78, 5) is 28.6. The fourth-order valence-electron chi connectivity index (χ4n) is 2.66. The van der Waals surface area contributed by atoms with Crippen LogP contribution in [0.5, 0.6) is 0 Å². The van der Waals surface area contributed by atoms with Gasteiger partial charge in [0.05, 0.1) is 23.2 Å². The summed E-state index contributed by atoms with van der Waals surface area (Å²) in [5, 5.41) is 0. The van der Waals surface area contributed by atoms with Crippen LogP contribution in [-0.4, -0.2) is 34.0 Å². The highest BCUT2D eigenvalue weighted by Gasteiger charge is 2.43. The molecule has 2 aliphatic rings. The Hall–Kier alpha value is -1.30. The maximum absolute atomic E-state index is 11.9. The average molecular weight is 253 g/mol. The van der Waals surface area contributed by atoms with E-state index >= 15 is 0 Å². The van der Waals surface area contributed by atoms with Gasteiger partial charge in [-0.2, -0.15) is 0 Å². The van der Waals surface area contributed by atoms with Crippen LogP contribution in [0.15, 0.2) is 4.79 Å². The number of hydrogen-bond donors (Lipinski definition) is 0. The van der Waals surface area contributed by atoms with Gasteiger partial charge in [0.25, 0.3) is 0 Å². The van der Waals surface area contributed by atoms with Gasteiger partial charge in [0, 0.05) is 20.1 Å². The molecule has 1 aromatic heterocycles. The molecule has 1 unspecified atom stereocenters. The van der Waals surface area contributed by atoms with E-state index in [1.54, 1.807) is 4.90 Å². The Morgan fingerprint density at radius 3 is 2.88 bits per heavy atom. The molecule has 6 heteroatoms. The molecular weight excluding hydrogens is 238 g/mol. The van der Waals surface area contributed by atoms with E-state index in [4.69, 9.17) is 0 Å². The topological polar surface area (TPSA) is 45.6 Å². The van der Waals surface area contributed by atoms with E-state index in [0.29, 0.717) is 6.54 Å². The minimum Gasteiger partial charge on any atom is -0.318 e. The summed E-state index contributed by atoms with van der Waals surface area (Å²) in [7, 11) is 1.82. The lowest BCUT2D eigenvalue weighted by Gasteiger charge is -2.22. The molecule has 0 radical (unpaired) electrons. The number of carbonyl (C=O) groups excluding carboxylic acids is 1. The number of thiazole rings is 1. The Labute approximate surface area is 103 Å². The van der Waals surface area contributed by atoms with Crippen LogP contribution in [0.4, 0.5) is 4.79 Å². The van der Waals surface area contributed by atoms with Gasteiger partial charge in [-0.3, -0.25) is 4.79 Å². The minimum atomic E-state index is 0.0777. The molecule has 2 bridgehead atoms. The zero-order chi connectivity index (χ0) is 12.2. The van der Waals surface area contributed by atoms with Crippen LogP contribution in [0.25, 0.3) is 0 Å². The van der Waals surface area contributed by atoms with E-state index in [1.165, 1.54) is 11.3 Å². The van der Waals surface area contributed by atoms with E-state index in [9.17, 15) is 9.59 Å². The highest BCUT2D eigenvalue weighted by atomic mass is 32.1. The summed E-state index contributed by atoms with van der Waals surface area (Å²) < 4.78 is 1.84. The van der Waals surface area contributed by atoms with Gasteiger partial charge in [-0.15, -0.1) is 0 Å². The van der Waals surface area contributed by atoms with Crippen LogP contribution in [-0.2, 0) is 13.1 Å². The van der Waals surface area contributed by atoms with Gasteiger partial charge in [0.2, 0.25) is 0 Å². The number of urea groups is 1. The van der Waals surface area contributed by atoms with E-state index in [-0.39, 0.29) is 16.9 Å². The molecule has 3 rings (SSSR count). The number of carbonyl (C=O) groups is 1. The van der Waals surface area contributed by atoms with Crippen molar-refractivity contribution in [2.24, 2.45) is 0 Å². The molecule has 1 aromatic rings. The quantitative estimate of drug-likeness (QED) is 0.796. The molecule has 2 amide bonds. The third-order valence-electron chi connectivity index (χ3n) is 3.55. The Morgan fingerprint density at radius 1 is 1.41 bits per heavy atom. The molecule has 0 aromatic carbocycles. The summed E-state index contributed by atoms with van der Waals surface area (Å²) >= 11 is 1.31. The number of amides is 2. The summed E-state index contributed by atoms with van der Waals surface area (Å²) in [6.07, 6.45) is 0.942. The van der Waals surface area contributed by atoms with Crippen molar-refractivity contribution < 1.29 is 4.79 Å². The molecule has 3 heterocycles. The predicted molar refractivity (Wildman–Crippen MR) is 65.2 cm³/mol. The summed E-state index contributed by atoms with van der Waals surface area (Å²) in [5.74, 6) is 0. The molecule has 0 spiro atoms. The van der Waals surface area contributed by atoms with Crippen molar-refractivity contribution in [3.8, 4) is 0 Å². The second-order valence-corrected chi connectivity index (χ2v) is 5.61. The van der Waals surface area contributed by atoms with Crippen LogP contribution in [0.2, 0.25) is 0 Å². The SMILES string of the molecule is CCCn1c2c(sc1=O)C1CN(C2)C(=O)N1C. The van der Waals surface area contributed by atoms with Crippen LogP contribution >= 0.6 is 11.3 Å². The Kier molecular flexibility index (Phi) is 2.29. The monoisotopic (exact) mass is 253 g/mol. The highest BCUT2D eigenvalue weighted by molar-refractivity contribution is 7.09. The number of fused-ring (bicyclic) bond motifs is 4. The van der Waals surface area contributed by atoms with Gasteiger partial charge in [-0.05, 0) is 6.42 Å². The smallest absolute Gasteiger partial charge is 0.318 e. The second kappa shape index (κ2) is 3.60. The summed E-state index contributed by atoms with van der Waals surface area (Å²) in [5.41, 5.74) is 1.05. The van der Waals surface area contributed by atoms with Crippen molar-refractivity contribution in [3.05, 3.63) is 20.2 Å². The van der Waals surface area contributed by atoms with Crippen LogP contribution in [0.1, 0.15) is 30.0 Å². The second-order valence-electron chi connectivity index (χ2n) is 4.62. The first-order valence-electron chi connectivity index (χ1n) is 5.87. The molecule has 1 saturated heterocycles. The van der Waals surface area contributed by atoms with Crippen molar-refractivity contribution in [1.82, 2.24) is 14.4 Å². The first-order chi connectivity index (χ1) is 8.13. The standard InChI is InChI=1S/C11H15N3O2S/c1-3-4-14-8-6-13-5-7(12(2)10(13)15)9(8)17-11(14)16/h7H,3-6H2,1-2H3. The molecular formula is C11H15N3O2S. The van der Waals surface area contributed by atoms with Crippen molar-refractivity contribution in [3.63, 3.8) is 0 Å². The number of likely N-dealkylation sites (N-methyl/N-ethyl adjacent to an activating group) is 1. The Morgan fingerprint density at radius 2 is 2.18 bits per heavy atom. The molecule has 0 aliphatic carbocycles. The summed E-state index contributed by atoms with van der Waals surface area (Å²) in [6, 6.07) is 0.163. The molecule has 1 atom stereocenters. The zero-order valence-corrected chi connectivity index (χ0v) is 10.8. The normalized spacial score (nSPS) is 22.2. The lowest BCUT2D eigenvalue weighted by Crippen LogP contribution is -2.30. The van der Waals surface area contributed by atoms with E-state index in [1.807, 2.05) is 16.5 Å². The molecule has 0 N–H and O–H groups in total. The predicted octanol–water partition coefficient (Wildman–Crippen LogP) is 1.24. The van der Waals surface area contributed by atoms with E-state index in [0.717, 1.165) is 30.1 Å². The number of hydrogen-bond acceptors (Lipinski definition) is 3. The van der Waals surface area contributed by atoms with E-state index in [2.05, 4.69) is 6.92 Å². The lowest BCUT2D eigenvalue weighted by atomic mass is 10.1. The van der Waals surface area contributed by atoms with Gasteiger partial charge in [-0.1, -0.05) is 18.3 Å². The third kappa shape index (κ3) is 1.36. The molecule has 2 aliphatic heterocycles. The van der Waals surface area contributed by atoms with Crippen molar-refractivity contribution in [2.45, 2.75) is 32.5 Å². The summed E-state index contributed by atoms with van der Waals surface area (Å²) in [6.45, 7) is 4.14. The van der Waals surface area contributed by atoms with Gasteiger partial charge >= 0.3 is 10.9 Å². The van der Waals surface area contributed by atoms with Crippen molar-refractivity contribution in [1.29, 1.82) is 0 Å². The Bertz CT molecular complexity index is 533. The maximum Gasteiger partial charge on any atom is 0.320 e. The van der Waals surface area contributed by atoms with Gasteiger partial charge < -0.3 is 14.4 Å². The number of rotatable bonds is 2. The van der Waals surface area contributed by atoms with Crippen molar-refractivity contribution >= 4 is 17.4 Å². The van der Waals surface area contributed by atoms with Crippen LogP contribution < -0.4 is 4.87 Å². The molecule has 0 saturated carbocycles. The average Bonchev–Trinajstić information content (AvgIpc) is 2.74. The zero-order valence-electron chi connectivity index (χ0n) is 9.97. The lowest BCUT2D eigenvalue weighted by molar-refractivity contribution is 0.196. The van der Waals surface area contributed by atoms with Gasteiger partial charge in [0.15, 0.2) is 0 Å². The van der Waals surface area contributed by atoms with Gasteiger partial charge in [0.1, 0.15) is 0 Å². The van der Waals surface area contributed by atoms with Crippen LogP contribution in [0, 0.1) is 0 Å². The molecule has 17 heavy (non-hydrogen) atoms. The first-order valence-corrected chi connectivity index (χ1v) is 6.69. The molecule has 5 nitrogen and oxygen atoms in total. The Balaban J connectivity index is 2.11. The minimum absolute atomic E-state index is 0.0777. The number of aromatic nitrogens is 1. The third-order valence-corrected chi connectivity index (χ3v) is 4.67. The number of nitrogens with zero attached hydrogens (tertiary/aromatic N) is 3. The van der Waals surface area contributed by atoms with Crippen LogP contribution in [0.3, 0.4) is 0 Å².